The lowest BCUT2D eigenvalue weighted by Crippen LogP contribution is -2.22. The largest absolute Gasteiger partial charge is 0.381 e. The number of aryl methyl sites for hydroxylation is 1. The molecule has 0 aromatic carbocycles. The molecule has 15 heavy (non-hydrogen) atoms. The van der Waals surface area contributed by atoms with Crippen LogP contribution in [-0.4, -0.2) is 24.7 Å². The fraction of sp³-hybridized carbons (Fsp3) is 0.583. The summed E-state index contributed by atoms with van der Waals surface area (Å²) in [7, 11) is 0. The molecule has 2 rings (SSSR count). The van der Waals surface area contributed by atoms with Gasteiger partial charge in [0.15, 0.2) is 0 Å². The van der Waals surface area contributed by atoms with Crippen molar-refractivity contribution in [2.75, 3.05) is 25.1 Å². The van der Waals surface area contributed by atoms with E-state index in [1.54, 1.807) is 0 Å². The quantitative estimate of drug-likeness (QED) is 0.823. The first-order chi connectivity index (χ1) is 7.34. The highest BCUT2D eigenvalue weighted by molar-refractivity contribution is 5.36. The predicted octanol–water partition coefficient (Wildman–Crippen LogP) is 2.23. The molecule has 0 aliphatic carbocycles. The van der Waals surface area contributed by atoms with E-state index in [0.29, 0.717) is 0 Å². The van der Waals surface area contributed by atoms with E-state index in [2.05, 4.69) is 23.3 Å². The number of aromatic nitrogens is 1. The third kappa shape index (κ3) is 3.20. The van der Waals surface area contributed by atoms with Gasteiger partial charge < -0.3 is 10.1 Å². The second-order valence-corrected chi connectivity index (χ2v) is 4.16. The molecular weight excluding hydrogens is 188 g/mol. The third-order valence-corrected chi connectivity index (χ3v) is 2.83. The van der Waals surface area contributed by atoms with E-state index < -0.39 is 0 Å². The van der Waals surface area contributed by atoms with Gasteiger partial charge in [0.1, 0.15) is 5.82 Å². The van der Waals surface area contributed by atoms with Crippen molar-refractivity contribution >= 4 is 5.82 Å². The summed E-state index contributed by atoms with van der Waals surface area (Å²) in [6.07, 6.45) is 4.18. The smallest absolute Gasteiger partial charge is 0.126 e. The van der Waals surface area contributed by atoms with Gasteiger partial charge in [0.25, 0.3) is 0 Å². The Kier molecular flexibility index (Phi) is 3.56. The summed E-state index contributed by atoms with van der Waals surface area (Å²) in [5.41, 5.74) is 1.25. The molecule has 0 radical (unpaired) electrons. The molecule has 1 aliphatic heterocycles. The molecule has 1 saturated heterocycles. The average molecular weight is 206 g/mol. The minimum atomic E-state index is 0.737. The van der Waals surface area contributed by atoms with Gasteiger partial charge in [-0.2, -0.15) is 0 Å². The number of hydrogen-bond donors (Lipinski definition) is 1. The summed E-state index contributed by atoms with van der Waals surface area (Å²) in [5, 5.41) is 3.39. The van der Waals surface area contributed by atoms with Crippen molar-refractivity contribution in [3.63, 3.8) is 0 Å². The zero-order valence-electron chi connectivity index (χ0n) is 9.20. The molecule has 1 N–H and O–H groups in total. The molecule has 1 aromatic rings. The maximum absolute atomic E-state index is 5.33. The standard InChI is InChI=1S/C12H18N2O/c1-10-2-5-13-12(8-10)14-9-11-3-6-15-7-4-11/h2,5,8,11H,3-4,6-7,9H2,1H3,(H,13,14). The van der Waals surface area contributed by atoms with Crippen LogP contribution in [0.5, 0.6) is 0 Å². The maximum atomic E-state index is 5.33. The molecule has 82 valence electrons. The van der Waals surface area contributed by atoms with E-state index in [-0.39, 0.29) is 0 Å². The molecular formula is C12H18N2O. The van der Waals surface area contributed by atoms with Gasteiger partial charge in [-0.15, -0.1) is 0 Å². The number of nitrogens with zero attached hydrogens (tertiary/aromatic N) is 1. The molecule has 0 saturated carbocycles. The molecule has 1 aromatic heterocycles. The van der Waals surface area contributed by atoms with Crippen molar-refractivity contribution in [3.8, 4) is 0 Å². The molecule has 1 fully saturated rings. The Morgan fingerprint density at radius 2 is 2.27 bits per heavy atom. The fourth-order valence-electron chi connectivity index (χ4n) is 1.83. The Balaban J connectivity index is 1.81. The highest BCUT2D eigenvalue weighted by Gasteiger charge is 2.13. The SMILES string of the molecule is Cc1ccnc(NCC2CCOCC2)c1. The molecule has 0 bridgehead atoms. The van der Waals surface area contributed by atoms with Crippen molar-refractivity contribution in [2.24, 2.45) is 5.92 Å². The molecule has 1 aliphatic rings. The Morgan fingerprint density at radius 1 is 1.47 bits per heavy atom. The molecule has 0 atom stereocenters. The molecule has 2 heterocycles. The van der Waals surface area contributed by atoms with Crippen LogP contribution in [0.1, 0.15) is 18.4 Å². The number of nitrogens with one attached hydrogen (secondary N) is 1. The molecule has 0 unspecified atom stereocenters. The number of pyridine rings is 1. The molecule has 3 nitrogen and oxygen atoms in total. The average Bonchev–Trinajstić information content (AvgIpc) is 2.28. The summed E-state index contributed by atoms with van der Waals surface area (Å²) in [5.74, 6) is 1.72. The highest BCUT2D eigenvalue weighted by Crippen LogP contribution is 2.15. The third-order valence-electron chi connectivity index (χ3n) is 2.83. The van der Waals surface area contributed by atoms with E-state index >= 15 is 0 Å². The normalized spacial score (nSPS) is 17.7. The van der Waals surface area contributed by atoms with Crippen molar-refractivity contribution in [1.82, 2.24) is 4.98 Å². The second-order valence-electron chi connectivity index (χ2n) is 4.16. The Morgan fingerprint density at radius 3 is 3.00 bits per heavy atom. The van der Waals surface area contributed by atoms with Gasteiger partial charge in [-0.1, -0.05) is 0 Å². The van der Waals surface area contributed by atoms with Crippen molar-refractivity contribution < 1.29 is 4.74 Å². The van der Waals surface area contributed by atoms with Crippen LogP contribution in [0.3, 0.4) is 0 Å². The van der Waals surface area contributed by atoms with E-state index in [1.165, 1.54) is 18.4 Å². The minimum Gasteiger partial charge on any atom is -0.381 e. The first-order valence-corrected chi connectivity index (χ1v) is 5.59. The van der Waals surface area contributed by atoms with E-state index in [1.807, 2.05) is 12.3 Å². The van der Waals surface area contributed by atoms with Crippen molar-refractivity contribution in [2.45, 2.75) is 19.8 Å². The Bertz CT molecular complexity index is 308. The van der Waals surface area contributed by atoms with Crippen LogP contribution in [0.2, 0.25) is 0 Å². The van der Waals surface area contributed by atoms with Crippen LogP contribution in [0, 0.1) is 12.8 Å². The van der Waals surface area contributed by atoms with Crippen LogP contribution in [0.15, 0.2) is 18.3 Å². The summed E-state index contributed by atoms with van der Waals surface area (Å²) in [4.78, 5) is 4.28. The Hall–Kier alpha value is -1.09. The number of anilines is 1. The van der Waals surface area contributed by atoms with Crippen molar-refractivity contribution in [1.29, 1.82) is 0 Å². The van der Waals surface area contributed by atoms with Crippen LogP contribution < -0.4 is 5.32 Å². The van der Waals surface area contributed by atoms with Gasteiger partial charge in [0.05, 0.1) is 0 Å². The summed E-state index contributed by atoms with van der Waals surface area (Å²) in [6, 6.07) is 4.10. The first-order valence-electron chi connectivity index (χ1n) is 5.59. The summed E-state index contributed by atoms with van der Waals surface area (Å²) < 4.78 is 5.33. The van der Waals surface area contributed by atoms with E-state index in [9.17, 15) is 0 Å². The number of hydrogen-bond acceptors (Lipinski definition) is 3. The van der Waals surface area contributed by atoms with Gasteiger partial charge in [-0.3, -0.25) is 0 Å². The summed E-state index contributed by atoms with van der Waals surface area (Å²) in [6.45, 7) is 4.92. The predicted molar refractivity (Wildman–Crippen MR) is 61.0 cm³/mol. The van der Waals surface area contributed by atoms with Crippen LogP contribution in [0.4, 0.5) is 5.82 Å². The van der Waals surface area contributed by atoms with Crippen LogP contribution >= 0.6 is 0 Å². The first kappa shape index (κ1) is 10.4. The van der Waals surface area contributed by atoms with Gasteiger partial charge in [0.2, 0.25) is 0 Å². The van der Waals surface area contributed by atoms with Crippen molar-refractivity contribution in [3.05, 3.63) is 23.9 Å². The van der Waals surface area contributed by atoms with Gasteiger partial charge >= 0.3 is 0 Å². The van der Waals surface area contributed by atoms with Crippen LogP contribution in [0.25, 0.3) is 0 Å². The molecule has 0 spiro atoms. The zero-order chi connectivity index (χ0) is 10.5. The second kappa shape index (κ2) is 5.12. The minimum absolute atomic E-state index is 0.737. The summed E-state index contributed by atoms with van der Waals surface area (Å²) >= 11 is 0. The lowest BCUT2D eigenvalue weighted by atomic mass is 10.0. The molecule has 0 amide bonds. The van der Waals surface area contributed by atoms with E-state index in [4.69, 9.17) is 4.74 Å². The van der Waals surface area contributed by atoms with Gasteiger partial charge in [0, 0.05) is 26.0 Å². The number of rotatable bonds is 3. The zero-order valence-corrected chi connectivity index (χ0v) is 9.20. The number of ether oxygens (including phenoxy) is 1. The Labute approximate surface area is 90.9 Å². The lowest BCUT2D eigenvalue weighted by Gasteiger charge is -2.22. The van der Waals surface area contributed by atoms with Crippen LogP contribution in [-0.2, 0) is 4.74 Å². The topological polar surface area (TPSA) is 34.2 Å². The monoisotopic (exact) mass is 206 g/mol. The van der Waals surface area contributed by atoms with Gasteiger partial charge in [-0.05, 0) is 43.4 Å². The fourth-order valence-corrected chi connectivity index (χ4v) is 1.83. The van der Waals surface area contributed by atoms with Gasteiger partial charge in [-0.25, -0.2) is 4.98 Å². The lowest BCUT2D eigenvalue weighted by molar-refractivity contribution is 0.0699. The highest BCUT2D eigenvalue weighted by atomic mass is 16.5. The molecule has 3 heteroatoms. The van der Waals surface area contributed by atoms with E-state index in [0.717, 1.165) is 31.5 Å². The maximum Gasteiger partial charge on any atom is 0.126 e.